The van der Waals surface area contributed by atoms with Crippen LogP contribution in [0.1, 0.15) is 51.9 Å². The van der Waals surface area contributed by atoms with Crippen LogP contribution in [0.2, 0.25) is 0 Å². The monoisotopic (exact) mass is 294 g/mol. The number of likely N-dealkylation sites (tertiary alicyclic amines) is 1. The highest BCUT2D eigenvalue weighted by atomic mass is 16.5. The number of nitrogens with zero attached hydrogens (tertiary/aromatic N) is 1. The molecule has 3 atom stereocenters. The SMILES string of the molecule is CCCNC1COCC1C(=O)N1CCCC1C1CCCC1. The standard InChI is InChI=1S/C17H30N2O2/c1-2-9-18-15-12-21-11-14(15)17(20)19-10-5-8-16(19)13-6-3-4-7-13/h13-16,18H,2-12H2,1H3. The maximum Gasteiger partial charge on any atom is 0.229 e. The molecule has 2 aliphatic heterocycles. The number of hydrogen-bond donors (Lipinski definition) is 1. The first-order valence-corrected chi connectivity index (χ1v) is 8.93. The fraction of sp³-hybridized carbons (Fsp3) is 0.941. The van der Waals surface area contributed by atoms with E-state index in [4.69, 9.17) is 4.74 Å². The maximum absolute atomic E-state index is 13.0. The van der Waals surface area contributed by atoms with Crippen LogP contribution in [0.4, 0.5) is 0 Å². The van der Waals surface area contributed by atoms with Gasteiger partial charge in [-0.3, -0.25) is 4.79 Å². The van der Waals surface area contributed by atoms with Crippen LogP contribution in [-0.4, -0.2) is 49.2 Å². The van der Waals surface area contributed by atoms with Crippen molar-refractivity contribution in [3.05, 3.63) is 0 Å². The Bertz CT molecular complexity index is 355. The number of hydrogen-bond acceptors (Lipinski definition) is 3. The quantitative estimate of drug-likeness (QED) is 0.845. The van der Waals surface area contributed by atoms with Crippen LogP contribution >= 0.6 is 0 Å². The second-order valence-electron chi connectivity index (χ2n) is 6.99. The molecular formula is C17H30N2O2. The molecule has 2 heterocycles. The van der Waals surface area contributed by atoms with E-state index in [2.05, 4.69) is 17.1 Å². The Morgan fingerprint density at radius 3 is 2.76 bits per heavy atom. The van der Waals surface area contributed by atoms with Crippen LogP contribution in [0.5, 0.6) is 0 Å². The fourth-order valence-corrected chi connectivity index (χ4v) is 4.44. The summed E-state index contributed by atoms with van der Waals surface area (Å²) in [6.07, 6.45) is 8.88. The number of nitrogens with one attached hydrogen (secondary N) is 1. The molecule has 0 aromatic rings. The van der Waals surface area contributed by atoms with Gasteiger partial charge < -0.3 is 15.0 Å². The van der Waals surface area contributed by atoms with Crippen LogP contribution in [-0.2, 0) is 9.53 Å². The minimum absolute atomic E-state index is 0.0403. The van der Waals surface area contributed by atoms with E-state index in [1.165, 1.54) is 38.5 Å². The molecule has 1 N–H and O–H groups in total. The molecule has 1 saturated carbocycles. The number of ether oxygens (including phenoxy) is 1. The zero-order valence-electron chi connectivity index (χ0n) is 13.4. The lowest BCUT2D eigenvalue weighted by Gasteiger charge is -2.32. The summed E-state index contributed by atoms with van der Waals surface area (Å²) in [5.41, 5.74) is 0. The summed E-state index contributed by atoms with van der Waals surface area (Å²) < 4.78 is 5.60. The zero-order valence-corrected chi connectivity index (χ0v) is 13.4. The van der Waals surface area contributed by atoms with Gasteiger partial charge in [-0.1, -0.05) is 19.8 Å². The van der Waals surface area contributed by atoms with Gasteiger partial charge in [-0.2, -0.15) is 0 Å². The average molecular weight is 294 g/mol. The smallest absolute Gasteiger partial charge is 0.229 e. The second kappa shape index (κ2) is 7.10. The van der Waals surface area contributed by atoms with E-state index < -0.39 is 0 Å². The summed E-state index contributed by atoms with van der Waals surface area (Å²) in [6.45, 7) is 5.41. The van der Waals surface area contributed by atoms with E-state index >= 15 is 0 Å². The van der Waals surface area contributed by atoms with Gasteiger partial charge in [-0.15, -0.1) is 0 Å². The number of rotatable bonds is 5. The summed E-state index contributed by atoms with van der Waals surface area (Å²) >= 11 is 0. The largest absolute Gasteiger partial charge is 0.379 e. The van der Waals surface area contributed by atoms with Crippen LogP contribution < -0.4 is 5.32 Å². The lowest BCUT2D eigenvalue weighted by Crippen LogP contribution is -2.48. The Hall–Kier alpha value is -0.610. The lowest BCUT2D eigenvalue weighted by molar-refractivity contribution is -0.137. The molecule has 120 valence electrons. The highest BCUT2D eigenvalue weighted by Crippen LogP contribution is 2.36. The van der Waals surface area contributed by atoms with E-state index in [1.807, 2.05) is 0 Å². The molecule has 4 nitrogen and oxygen atoms in total. The van der Waals surface area contributed by atoms with E-state index in [0.717, 1.165) is 25.4 Å². The van der Waals surface area contributed by atoms with Crippen molar-refractivity contribution in [2.45, 2.75) is 64.0 Å². The molecular weight excluding hydrogens is 264 g/mol. The number of amides is 1. The Kier molecular flexibility index (Phi) is 5.17. The van der Waals surface area contributed by atoms with Gasteiger partial charge in [0.1, 0.15) is 0 Å². The zero-order chi connectivity index (χ0) is 14.7. The van der Waals surface area contributed by atoms with Gasteiger partial charge in [-0.05, 0) is 44.6 Å². The summed E-state index contributed by atoms with van der Waals surface area (Å²) in [5.74, 6) is 1.16. The third kappa shape index (κ3) is 3.26. The van der Waals surface area contributed by atoms with Crippen molar-refractivity contribution in [2.75, 3.05) is 26.3 Å². The van der Waals surface area contributed by atoms with E-state index in [-0.39, 0.29) is 12.0 Å². The Morgan fingerprint density at radius 2 is 2.00 bits per heavy atom. The highest BCUT2D eigenvalue weighted by molar-refractivity contribution is 5.80. The van der Waals surface area contributed by atoms with Crippen molar-refractivity contribution in [1.82, 2.24) is 10.2 Å². The van der Waals surface area contributed by atoms with Crippen LogP contribution in [0, 0.1) is 11.8 Å². The normalized spacial score (nSPS) is 34.0. The highest BCUT2D eigenvalue weighted by Gasteiger charge is 2.42. The third-order valence-corrected chi connectivity index (χ3v) is 5.58. The lowest BCUT2D eigenvalue weighted by atomic mass is 9.94. The van der Waals surface area contributed by atoms with Gasteiger partial charge in [0.25, 0.3) is 0 Å². The summed E-state index contributed by atoms with van der Waals surface area (Å²) in [6, 6.07) is 0.745. The Labute approximate surface area is 128 Å². The first-order valence-electron chi connectivity index (χ1n) is 8.93. The van der Waals surface area contributed by atoms with Gasteiger partial charge in [0.05, 0.1) is 19.1 Å². The number of carbonyl (C=O) groups excluding carboxylic acids is 1. The molecule has 1 aliphatic carbocycles. The van der Waals surface area contributed by atoms with Crippen LogP contribution in [0.25, 0.3) is 0 Å². The molecule has 3 rings (SSSR count). The topological polar surface area (TPSA) is 41.6 Å². The van der Waals surface area contributed by atoms with Crippen LogP contribution in [0.3, 0.4) is 0 Å². The van der Waals surface area contributed by atoms with Gasteiger partial charge in [-0.25, -0.2) is 0 Å². The maximum atomic E-state index is 13.0. The second-order valence-corrected chi connectivity index (χ2v) is 6.99. The van der Waals surface area contributed by atoms with Gasteiger partial charge in [0.15, 0.2) is 0 Å². The van der Waals surface area contributed by atoms with Gasteiger partial charge in [0, 0.05) is 18.6 Å². The van der Waals surface area contributed by atoms with Crippen LogP contribution in [0.15, 0.2) is 0 Å². The number of carbonyl (C=O) groups is 1. The summed E-state index contributed by atoms with van der Waals surface area (Å²) in [4.78, 5) is 15.2. The molecule has 0 radical (unpaired) electrons. The van der Waals surface area contributed by atoms with Gasteiger partial charge in [0.2, 0.25) is 5.91 Å². The van der Waals surface area contributed by atoms with E-state index in [0.29, 0.717) is 25.2 Å². The Morgan fingerprint density at radius 1 is 1.19 bits per heavy atom. The van der Waals surface area contributed by atoms with Crippen molar-refractivity contribution in [3.63, 3.8) is 0 Å². The van der Waals surface area contributed by atoms with Crippen molar-refractivity contribution in [1.29, 1.82) is 0 Å². The molecule has 0 spiro atoms. The van der Waals surface area contributed by atoms with Crippen molar-refractivity contribution in [2.24, 2.45) is 11.8 Å². The fourth-order valence-electron chi connectivity index (χ4n) is 4.44. The molecule has 0 aromatic heterocycles. The van der Waals surface area contributed by atoms with Crippen molar-refractivity contribution in [3.8, 4) is 0 Å². The molecule has 1 amide bonds. The summed E-state index contributed by atoms with van der Waals surface area (Å²) in [5, 5.41) is 3.50. The Balaban J connectivity index is 1.62. The average Bonchev–Trinajstić information content (AvgIpc) is 3.23. The minimum Gasteiger partial charge on any atom is -0.379 e. The molecule has 0 aromatic carbocycles. The first kappa shape index (κ1) is 15.3. The predicted octanol–water partition coefficient (Wildman–Crippen LogP) is 2.18. The minimum atomic E-state index is 0.0403. The molecule has 4 heteroatoms. The first-order chi connectivity index (χ1) is 10.3. The summed E-state index contributed by atoms with van der Waals surface area (Å²) in [7, 11) is 0. The molecule has 0 bridgehead atoms. The van der Waals surface area contributed by atoms with Crippen molar-refractivity contribution >= 4 is 5.91 Å². The molecule has 2 saturated heterocycles. The van der Waals surface area contributed by atoms with E-state index in [1.54, 1.807) is 0 Å². The molecule has 21 heavy (non-hydrogen) atoms. The van der Waals surface area contributed by atoms with Crippen molar-refractivity contribution < 1.29 is 9.53 Å². The molecule has 3 unspecified atom stereocenters. The predicted molar refractivity (Wildman–Crippen MR) is 83.1 cm³/mol. The molecule has 3 fully saturated rings. The van der Waals surface area contributed by atoms with E-state index in [9.17, 15) is 4.79 Å². The third-order valence-electron chi connectivity index (χ3n) is 5.58. The molecule has 3 aliphatic rings. The van der Waals surface area contributed by atoms with Gasteiger partial charge >= 0.3 is 0 Å².